The molecule has 1 heterocycles. The Morgan fingerprint density at radius 1 is 1.53 bits per heavy atom. The zero-order valence-electron chi connectivity index (χ0n) is 10.9. The summed E-state index contributed by atoms with van der Waals surface area (Å²) in [6.07, 6.45) is 7.91. The molecule has 1 aromatic carbocycles. The topological polar surface area (TPSA) is 62.1 Å². The fourth-order valence-corrected chi connectivity index (χ4v) is 2.12. The highest BCUT2D eigenvalue weighted by molar-refractivity contribution is 6.07. The first-order valence-electron chi connectivity index (χ1n) is 6.26. The third kappa shape index (κ3) is 2.55. The number of aromatic nitrogens is 1. The van der Waals surface area contributed by atoms with Crippen molar-refractivity contribution in [3.63, 3.8) is 0 Å². The predicted molar refractivity (Wildman–Crippen MR) is 77.7 cm³/mol. The molecule has 0 fully saturated rings. The van der Waals surface area contributed by atoms with Crippen LogP contribution >= 0.6 is 0 Å². The molecule has 0 saturated carbocycles. The predicted octanol–water partition coefficient (Wildman–Crippen LogP) is 2.24. The molecule has 3 N–H and O–H groups in total. The lowest BCUT2D eigenvalue weighted by molar-refractivity contribution is 0.0779. The highest BCUT2D eigenvalue weighted by Gasteiger charge is 2.17. The van der Waals surface area contributed by atoms with Crippen LogP contribution in [0.15, 0.2) is 24.4 Å². The van der Waals surface area contributed by atoms with Gasteiger partial charge >= 0.3 is 0 Å². The van der Waals surface area contributed by atoms with Gasteiger partial charge in [-0.2, -0.15) is 0 Å². The van der Waals surface area contributed by atoms with Crippen molar-refractivity contribution in [1.82, 2.24) is 9.88 Å². The maximum atomic E-state index is 12.5. The van der Waals surface area contributed by atoms with Gasteiger partial charge < -0.3 is 15.6 Å². The number of H-pyrrole nitrogens is 1. The fourth-order valence-electron chi connectivity index (χ4n) is 2.12. The molecule has 0 atom stereocenters. The Balaban J connectivity index is 2.38. The minimum atomic E-state index is -0.0455. The standard InChI is InChI=1S/C15H17N3O/c1-3-7-18(8-4-2)15(19)13-10-17-14-9-11(16)5-6-12(13)14/h1,5-6,9-10,17H,4,7-8,16H2,2H3. The molecule has 0 radical (unpaired) electrons. The molecule has 0 aliphatic rings. The van der Waals surface area contributed by atoms with Crippen molar-refractivity contribution in [3.05, 3.63) is 30.0 Å². The molecule has 0 unspecified atom stereocenters. The van der Waals surface area contributed by atoms with Gasteiger partial charge in [0, 0.05) is 29.3 Å². The van der Waals surface area contributed by atoms with Crippen molar-refractivity contribution in [3.8, 4) is 12.3 Å². The van der Waals surface area contributed by atoms with Crippen LogP contribution in [-0.4, -0.2) is 28.9 Å². The Morgan fingerprint density at radius 3 is 3.00 bits per heavy atom. The zero-order valence-corrected chi connectivity index (χ0v) is 10.9. The van der Waals surface area contributed by atoms with Crippen molar-refractivity contribution < 1.29 is 4.79 Å². The first kappa shape index (κ1) is 13.0. The quantitative estimate of drug-likeness (QED) is 0.650. The van der Waals surface area contributed by atoms with Crippen LogP contribution in [0.3, 0.4) is 0 Å². The van der Waals surface area contributed by atoms with E-state index in [1.54, 1.807) is 17.2 Å². The van der Waals surface area contributed by atoms with Crippen molar-refractivity contribution >= 4 is 22.5 Å². The molecule has 0 aliphatic heterocycles. The number of nitrogens with zero attached hydrogens (tertiary/aromatic N) is 1. The van der Waals surface area contributed by atoms with Gasteiger partial charge in [0.25, 0.3) is 5.91 Å². The summed E-state index contributed by atoms with van der Waals surface area (Å²) in [4.78, 5) is 17.2. The second kappa shape index (κ2) is 5.49. The van der Waals surface area contributed by atoms with Crippen LogP contribution in [0.2, 0.25) is 0 Å². The van der Waals surface area contributed by atoms with Crippen LogP contribution in [0.25, 0.3) is 10.9 Å². The van der Waals surface area contributed by atoms with Gasteiger partial charge in [-0.3, -0.25) is 4.79 Å². The molecular weight excluding hydrogens is 238 g/mol. The number of nitrogen functional groups attached to an aromatic ring is 1. The summed E-state index contributed by atoms with van der Waals surface area (Å²) in [5.41, 5.74) is 7.89. The number of amides is 1. The molecule has 4 nitrogen and oxygen atoms in total. The number of anilines is 1. The number of aromatic amines is 1. The largest absolute Gasteiger partial charge is 0.399 e. The summed E-state index contributed by atoms with van der Waals surface area (Å²) >= 11 is 0. The number of benzene rings is 1. The number of nitrogens with one attached hydrogen (secondary N) is 1. The highest BCUT2D eigenvalue weighted by atomic mass is 16.2. The summed E-state index contributed by atoms with van der Waals surface area (Å²) in [7, 11) is 0. The number of hydrogen-bond acceptors (Lipinski definition) is 2. The number of rotatable bonds is 4. The molecule has 1 amide bonds. The lowest BCUT2D eigenvalue weighted by Crippen LogP contribution is -2.31. The molecule has 19 heavy (non-hydrogen) atoms. The van der Waals surface area contributed by atoms with E-state index >= 15 is 0 Å². The van der Waals surface area contributed by atoms with Crippen LogP contribution in [0.4, 0.5) is 5.69 Å². The van der Waals surface area contributed by atoms with Gasteiger partial charge in [-0.15, -0.1) is 6.42 Å². The van der Waals surface area contributed by atoms with Gasteiger partial charge in [0.2, 0.25) is 0 Å². The van der Waals surface area contributed by atoms with Crippen molar-refractivity contribution in [2.45, 2.75) is 13.3 Å². The second-order valence-electron chi connectivity index (χ2n) is 4.44. The molecule has 2 aromatic rings. The number of fused-ring (bicyclic) bond motifs is 1. The van der Waals surface area contributed by atoms with Crippen LogP contribution in [0, 0.1) is 12.3 Å². The van der Waals surface area contributed by atoms with Crippen molar-refractivity contribution in [2.75, 3.05) is 18.8 Å². The maximum absolute atomic E-state index is 12.5. The fraction of sp³-hybridized carbons (Fsp3) is 0.267. The Morgan fingerprint density at radius 2 is 2.32 bits per heavy atom. The average Bonchev–Trinajstić information content (AvgIpc) is 2.80. The second-order valence-corrected chi connectivity index (χ2v) is 4.44. The lowest BCUT2D eigenvalue weighted by atomic mass is 10.1. The van der Waals surface area contributed by atoms with Crippen LogP contribution in [0.1, 0.15) is 23.7 Å². The highest BCUT2D eigenvalue weighted by Crippen LogP contribution is 2.22. The van der Waals surface area contributed by atoms with E-state index in [2.05, 4.69) is 10.9 Å². The molecule has 1 aromatic heterocycles. The smallest absolute Gasteiger partial charge is 0.256 e. The summed E-state index contributed by atoms with van der Waals surface area (Å²) < 4.78 is 0. The Hall–Kier alpha value is -2.41. The van der Waals surface area contributed by atoms with Gasteiger partial charge in [0.15, 0.2) is 0 Å². The van der Waals surface area contributed by atoms with E-state index in [4.69, 9.17) is 12.2 Å². The minimum Gasteiger partial charge on any atom is -0.399 e. The third-order valence-electron chi connectivity index (χ3n) is 3.00. The summed E-state index contributed by atoms with van der Waals surface area (Å²) in [6, 6.07) is 5.46. The summed E-state index contributed by atoms with van der Waals surface area (Å²) in [5.74, 6) is 2.48. The Labute approximate surface area is 112 Å². The molecule has 4 heteroatoms. The van der Waals surface area contributed by atoms with Gasteiger partial charge in [-0.05, 0) is 24.6 Å². The molecule has 2 rings (SSSR count). The van der Waals surface area contributed by atoms with E-state index in [0.717, 1.165) is 17.3 Å². The van der Waals surface area contributed by atoms with Crippen LogP contribution in [-0.2, 0) is 0 Å². The maximum Gasteiger partial charge on any atom is 0.256 e. The van der Waals surface area contributed by atoms with E-state index in [0.29, 0.717) is 24.3 Å². The number of nitrogens with two attached hydrogens (primary N) is 1. The van der Waals surface area contributed by atoms with Crippen LogP contribution in [0.5, 0.6) is 0 Å². The molecule has 0 aliphatic carbocycles. The zero-order chi connectivity index (χ0) is 13.8. The third-order valence-corrected chi connectivity index (χ3v) is 3.00. The number of hydrogen-bond donors (Lipinski definition) is 2. The van der Waals surface area contributed by atoms with Crippen molar-refractivity contribution in [2.24, 2.45) is 0 Å². The number of carbonyl (C=O) groups is 1. The molecule has 0 saturated heterocycles. The normalized spacial score (nSPS) is 10.3. The van der Waals surface area contributed by atoms with E-state index in [1.165, 1.54) is 0 Å². The van der Waals surface area contributed by atoms with E-state index < -0.39 is 0 Å². The molecule has 0 bridgehead atoms. The first-order chi connectivity index (χ1) is 9.17. The van der Waals surface area contributed by atoms with Crippen LogP contribution < -0.4 is 5.73 Å². The first-order valence-corrected chi connectivity index (χ1v) is 6.26. The minimum absolute atomic E-state index is 0.0455. The lowest BCUT2D eigenvalue weighted by Gasteiger charge is -2.18. The van der Waals surface area contributed by atoms with E-state index in [1.807, 2.05) is 19.1 Å². The Kier molecular flexibility index (Phi) is 3.76. The molecule has 98 valence electrons. The Bertz CT molecular complexity index is 636. The van der Waals surface area contributed by atoms with E-state index in [9.17, 15) is 4.79 Å². The number of carbonyl (C=O) groups excluding carboxylic acids is 1. The van der Waals surface area contributed by atoms with Gasteiger partial charge in [0.1, 0.15) is 0 Å². The molecular formula is C15H17N3O. The van der Waals surface area contributed by atoms with Gasteiger partial charge in [-0.25, -0.2) is 0 Å². The molecule has 0 spiro atoms. The SMILES string of the molecule is C#CCN(CCC)C(=O)c1c[nH]c2cc(N)ccc12. The van der Waals surface area contributed by atoms with Crippen molar-refractivity contribution in [1.29, 1.82) is 0 Å². The average molecular weight is 255 g/mol. The van der Waals surface area contributed by atoms with Gasteiger partial charge in [-0.1, -0.05) is 12.8 Å². The number of terminal acetylenes is 1. The van der Waals surface area contributed by atoms with Gasteiger partial charge in [0.05, 0.1) is 12.1 Å². The van der Waals surface area contributed by atoms with E-state index in [-0.39, 0.29) is 5.91 Å². The summed E-state index contributed by atoms with van der Waals surface area (Å²) in [6.45, 7) is 3.01. The summed E-state index contributed by atoms with van der Waals surface area (Å²) in [5, 5.41) is 0.873. The monoisotopic (exact) mass is 255 g/mol.